The van der Waals surface area contributed by atoms with Crippen LogP contribution in [0.25, 0.3) is 11.3 Å². The molecule has 0 aliphatic rings. The minimum absolute atomic E-state index is 0.325. The normalized spacial score (nSPS) is 10.9. The van der Waals surface area contributed by atoms with Crippen molar-refractivity contribution in [2.24, 2.45) is 5.10 Å². The van der Waals surface area contributed by atoms with Gasteiger partial charge < -0.3 is 4.42 Å². The number of nitrogens with zero attached hydrogens (tertiary/aromatic N) is 2. The lowest BCUT2D eigenvalue weighted by Crippen LogP contribution is -2.17. The second kappa shape index (κ2) is 7.23. The molecule has 1 amide bonds. The van der Waals surface area contributed by atoms with Crippen molar-refractivity contribution in [2.45, 2.75) is 6.92 Å². The molecule has 3 aromatic rings. The van der Waals surface area contributed by atoms with Gasteiger partial charge in [-0.3, -0.25) is 9.78 Å². The summed E-state index contributed by atoms with van der Waals surface area (Å²) in [5.74, 6) is 0.956. The van der Waals surface area contributed by atoms with Crippen LogP contribution in [0.4, 0.5) is 0 Å². The van der Waals surface area contributed by atoms with Crippen LogP contribution in [0.5, 0.6) is 0 Å². The molecular formula is C18H14BrN3O2. The zero-order valence-electron chi connectivity index (χ0n) is 12.9. The van der Waals surface area contributed by atoms with E-state index >= 15 is 0 Å². The number of aryl methyl sites for hydroxylation is 1. The molecule has 1 aromatic carbocycles. The van der Waals surface area contributed by atoms with Gasteiger partial charge in [0.2, 0.25) is 0 Å². The van der Waals surface area contributed by atoms with Gasteiger partial charge in [0.05, 0.1) is 11.8 Å². The summed E-state index contributed by atoms with van der Waals surface area (Å²) in [5.41, 5.74) is 5.00. The maximum Gasteiger partial charge on any atom is 0.272 e. The lowest BCUT2D eigenvalue weighted by atomic mass is 10.1. The van der Waals surface area contributed by atoms with Crippen molar-refractivity contribution in [3.05, 3.63) is 76.2 Å². The molecule has 5 nitrogen and oxygen atoms in total. The van der Waals surface area contributed by atoms with E-state index in [0.29, 0.717) is 11.3 Å². The van der Waals surface area contributed by atoms with Gasteiger partial charge in [-0.05, 0) is 42.8 Å². The predicted molar refractivity (Wildman–Crippen MR) is 95.9 cm³/mol. The molecule has 0 aliphatic carbocycles. The van der Waals surface area contributed by atoms with E-state index in [2.05, 4.69) is 31.4 Å². The van der Waals surface area contributed by atoms with Crippen molar-refractivity contribution < 1.29 is 9.21 Å². The SMILES string of the molecule is Cc1ccc(-c2ccc(/C=N/NC(=O)c3cccnc3)o2)cc1Br. The molecule has 2 aromatic heterocycles. The van der Waals surface area contributed by atoms with Crippen LogP contribution >= 0.6 is 15.9 Å². The second-order valence-corrected chi connectivity index (χ2v) is 5.96. The lowest BCUT2D eigenvalue weighted by Gasteiger charge is -2.01. The van der Waals surface area contributed by atoms with Crippen molar-refractivity contribution >= 4 is 28.1 Å². The lowest BCUT2D eigenvalue weighted by molar-refractivity contribution is 0.0955. The third kappa shape index (κ3) is 3.78. The molecule has 0 saturated heterocycles. The molecule has 24 heavy (non-hydrogen) atoms. The Kier molecular flexibility index (Phi) is 4.86. The summed E-state index contributed by atoms with van der Waals surface area (Å²) in [5, 5.41) is 3.90. The molecule has 0 unspecified atom stereocenters. The van der Waals surface area contributed by atoms with Crippen molar-refractivity contribution in [1.82, 2.24) is 10.4 Å². The van der Waals surface area contributed by atoms with Gasteiger partial charge in [-0.15, -0.1) is 0 Å². The van der Waals surface area contributed by atoms with Crippen molar-refractivity contribution in [2.75, 3.05) is 0 Å². The fourth-order valence-electron chi connectivity index (χ4n) is 2.04. The Morgan fingerprint density at radius 1 is 1.29 bits per heavy atom. The number of hydrogen-bond acceptors (Lipinski definition) is 4. The van der Waals surface area contributed by atoms with Crippen molar-refractivity contribution in [1.29, 1.82) is 0 Å². The summed E-state index contributed by atoms with van der Waals surface area (Å²) in [4.78, 5) is 15.7. The number of furan rings is 1. The Hall–Kier alpha value is -2.73. The minimum Gasteiger partial charge on any atom is -0.455 e. The highest BCUT2D eigenvalue weighted by Crippen LogP contribution is 2.26. The first-order chi connectivity index (χ1) is 11.6. The molecule has 6 heteroatoms. The van der Waals surface area contributed by atoms with Gasteiger partial charge in [0, 0.05) is 22.4 Å². The molecule has 0 aliphatic heterocycles. The van der Waals surface area contributed by atoms with Crippen molar-refractivity contribution in [3.8, 4) is 11.3 Å². The van der Waals surface area contributed by atoms with E-state index in [0.717, 1.165) is 21.4 Å². The van der Waals surface area contributed by atoms with Crippen LogP contribution in [0.3, 0.4) is 0 Å². The first-order valence-electron chi connectivity index (χ1n) is 7.23. The first-order valence-corrected chi connectivity index (χ1v) is 8.02. The average molecular weight is 384 g/mol. The topological polar surface area (TPSA) is 67.5 Å². The third-order valence-electron chi connectivity index (χ3n) is 3.36. The number of carbonyl (C=O) groups is 1. The molecule has 0 radical (unpaired) electrons. The predicted octanol–water partition coefficient (Wildman–Crippen LogP) is 4.18. The molecular weight excluding hydrogens is 370 g/mol. The largest absolute Gasteiger partial charge is 0.455 e. The number of nitrogens with one attached hydrogen (secondary N) is 1. The molecule has 0 bridgehead atoms. The number of halogens is 1. The van der Waals surface area contributed by atoms with Crippen LogP contribution in [-0.2, 0) is 0 Å². The number of benzene rings is 1. The minimum atomic E-state index is -0.325. The van der Waals surface area contributed by atoms with Crippen LogP contribution in [0.1, 0.15) is 21.7 Å². The Balaban J connectivity index is 1.67. The van der Waals surface area contributed by atoms with Crippen LogP contribution in [0.15, 0.2) is 68.8 Å². The van der Waals surface area contributed by atoms with Crippen LogP contribution in [-0.4, -0.2) is 17.1 Å². The molecule has 1 N–H and O–H groups in total. The van der Waals surface area contributed by atoms with E-state index in [9.17, 15) is 4.79 Å². The first kappa shape index (κ1) is 16.1. The van der Waals surface area contributed by atoms with E-state index in [1.54, 1.807) is 24.4 Å². The van der Waals surface area contributed by atoms with Gasteiger partial charge in [-0.25, -0.2) is 5.43 Å². The fourth-order valence-corrected chi connectivity index (χ4v) is 2.42. The monoisotopic (exact) mass is 383 g/mol. The number of carbonyl (C=O) groups excluding carboxylic acids is 1. The number of amides is 1. The molecule has 3 rings (SSSR count). The molecule has 120 valence electrons. The van der Waals surface area contributed by atoms with E-state index in [-0.39, 0.29) is 5.91 Å². The Morgan fingerprint density at radius 3 is 2.92 bits per heavy atom. The second-order valence-electron chi connectivity index (χ2n) is 5.11. The average Bonchev–Trinajstić information content (AvgIpc) is 3.07. The highest BCUT2D eigenvalue weighted by atomic mass is 79.9. The highest BCUT2D eigenvalue weighted by Gasteiger charge is 2.06. The Bertz CT molecular complexity index is 888. The summed E-state index contributed by atoms with van der Waals surface area (Å²) in [6, 6.07) is 13.0. The zero-order chi connectivity index (χ0) is 16.9. The summed E-state index contributed by atoms with van der Waals surface area (Å²) < 4.78 is 6.74. The van der Waals surface area contributed by atoms with E-state index in [1.807, 2.05) is 31.2 Å². The number of aromatic nitrogens is 1. The highest BCUT2D eigenvalue weighted by molar-refractivity contribution is 9.10. The molecule has 0 atom stereocenters. The maximum atomic E-state index is 11.8. The van der Waals surface area contributed by atoms with E-state index in [1.165, 1.54) is 12.4 Å². The van der Waals surface area contributed by atoms with Gasteiger partial charge in [0.25, 0.3) is 5.91 Å². The van der Waals surface area contributed by atoms with Crippen molar-refractivity contribution in [3.63, 3.8) is 0 Å². The van der Waals surface area contributed by atoms with E-state index < -0.39 is 0 Å². The van der Waals surface area contributed by atoms with E-state index in [4.69, 9.17) is 4.42 Å². The number of hydrazone groups is 1. The third-order valence-corrected chi connectivity index (χ3v) is 4.22. The fraction of sp³-hybridized carbons (Fsp3) is 0.0556. The van der Waals surface area contributed by atoms with Gasteiger partial charge in [-0.2, -0.15) is 5.10 Å². The Labute approximate surface area is 147 Å². The quantitative estimate of drug-likeness (QED) is 0.542. The summed E-state index contributed by atoms with van der Waals surface area (Å²) in [7, 11) is 0. The van der Waals surface area contributed by atoms with Crippen LogP contribution in [0.2, 0.25) is 0 Å². The smallest absolute Gasteiger partial charge is 0.272 e. The number of rotatable bonds is 4. The molecule has 0 fully saturated rings. The van der Waals surface area contributed by atoms with Gasteiger partial charge >= 0.3 is 0 Å². The number of pyridine rings is 1. The standard InChI is InChI=1S/C18H14BrN3O2/c1-12-4-5-13(9-16(12)19)17-7-6-15(24-17)11-21-22-18(23)14-3-2-8-20-10-14/h2-11H,1H3,(H,22,23)/b21-11+. The van der Waals surface area contributed by atoms with Gasteiger partial charge in [0.1, 0.15) is 11.5 Å². The summed E-state index contributed by atoms with van der Waals surface area (Å²) in [6.45, 7) is 2.03. The van der Waals surface area contributed by atoms with Gasteiger partial charge in [-0.1, -0.05) is 28.1 Å². The summed E-state index contributed by atoms with van der Waals surface area (Å²) >= 11 is 3.51. The molecule has 0 spiro atoms. The number of hydrogen-bond donors (Lipinski definition) is 1. The van der Waals surface area contributed by atoms with Gasteiger partial charge in [0.15, 0.2) is 0 Å². The van der Waals surface area contributed by atoms with Crippen LogP contribution < -0.4 is 5.43 Å². The summed E-state index contributed by atoms with van der Waals surface area (Å²) in [6.07, 6.45) is 4.54. The molecule has 0 saturated carbocycles. The maximum absolute atomic E-state index is 11.8. The zero-order valence-corrected chi connectivity index (χ0v) is 14.4. The Morgan fingerprint density at radius 2 is 2.17 bits per heavy atom. The molecule has 2 heterocycles. The van der Waals surface area contributed by atoms with Crippen LogP contribution in [0, 0.1) is 6.92 Å².